The quantitative estimate of drug-likeness (QED) is 0.561. The van der Waals surface area contributed by atoms with E-state index in [0.717, 1.165) is 17.8 Å². The molecule has 0 aliphatic heterocycles. The molecule has 0 radical (unpaired) electrons. The van der Waals surface area contributed by atoms with Gasteiger partial charge in [-0.1, -0.05) is 6.92 Å². The minimum Gasteiger partial charge on any atom is -0.396 e. The van der Waals surface area contributed by atoms with Crippen molar-refractivity contribution in [1.82, 2.24) is 0 Å². The normalized spacial score (nSPS) is 55.3. The van der Waals surface area contributed by atoms with Crippen LogP contribution in [0.25, 0.3) is 0 Å². The van der Waals surface area contributed by atoms with Crippen molar-refractivity contribution in [2.75, 3.05) is 6.61 Å². The van der Waals surface area contributed by atoms with E-state index in [1.54, 1.807) is 0 Å². The maximum absolute atomic E-state index is 8.80. The smallest absolute Gasteiger partial charge is 0.0464 e. The van der Waals surface area contributed by atoms with Crippen molar-refractivity contribution in [3.8, 4) is 0 Å². The Morgan fingerprint density at radius 1 is 1.33 bits per heavy atom. The maximum atomic E-state index is 8.80. The Balaban J connectivity index is 1.91. The summed E-state index contributed by atoms with van der Waals surface area (Å²) >= 11 is 0. The molecule has 2 atom stereocenters. The van der Waals surface area contributed by atoms with Crippen LogP contribution in [0.4, 0.5) is 0 Å². The van der Waals surface area contributed by atoms with E-state index in [4.69, 9.17) is 5.11 Å². The molecule has 9 heavy (non-hydrogen) atoms. The maximum Gasteiger partial charge on any atom is 0.0464 e. The monoisotopic (exact) mass is 126 g/mol. The number of hydrogen-bond acceptors (Lipinski definition) is 1. The van der Waals surface area contributed by atoms with E-state index >= 15 is 0 Å². The average Bonchev–Trinajstić information content (AvgIpc) is 2.30. The largest absolute Gasteiger partial charge is 0.396 e. The number of fused-ring (bicyclic) bond motifs is 1. The molecule has 0 aromatic heterocycles. The summed E-state index contributed by atoms with van der Waals surface area (Å²) in [5.74, 6) is 3.50. The first kappa shape index (κ1) is 5.72. The van der Waals surface area contributed by atoms with Gasteiger partial charge in [-0.05, 0) is 36.5 Å². The molecule has 2 rings (SSSR count). The minimum absolute atomic E-state index is 0.446. The van der Waals surface area contributed by atoms with Crippen LogP contribution in [-0.4, -0.2) is 11.7 Å². The van der Waals surface area contributed by atoms with Gasteiger partial charge in [-0.2, -0.15) is 0 Å². The molecule has 0 aromatic rings. The third-order valence-electron chi connectivity index (χ3n) is 3.07. The molecule has 1 nitrogen and oxygen atoms in total. The van der Waals surface area contributed by atoms with Crippen molar-refractivity contribution < 1.29 is 5.11 Å². The van der Waals surface area contributed by atoms with Crippen molar-refractivity contribution in [2.24, 2.45) is 23.7 Å². The molecular formula is C8H14O. The van der Waals surface area contributed by atoms with Gasteiger partial charge in [0.1, 0.15) is 0 Å². The van der Waals surface area contributed by atoms with Gasteiger partial charge >= 0.3 is 0 Å². The fourth-order valence-corrected chi connectivity index (χ4v) is 2.52. The van der Waals surface area contributed by atoms with Crippen LogP contribution in [0.5, 0.6) is 0 Å². The van der Waals surface area contributed by atoms with Crippen LogP contribution in [0.3, 0.4) is 0 Å². The van der Waals surface area contributed by atoms with Crippen LogP contribution in [0.15, 0.2) is 0 Å². The first-order valence-corrected chi connectivity index (χ1v) is 3.93. The Bertz CT molecular complexity index is 110. The van der Waals surface area contributed by atoms with Gasteiger partial charge in [0.15, 0.2) is 0 Å². The molecule has 0 amide bonds. The number of rotatable bonds is 1. The van der Waals surface area contributed by atoms with Crippen molar-refractivity contribution in [2.45, 2.75) is 19.8 Å². The second kappa shape index (κ2) is 1.72. The number of aliphatic hydroxyl groups excluding tert-OH is 1. The molecular weight excluding hydrogens is 112 g/mol. The van der Waals surface area contributed by atoms with Gasteiger partial charge in [0.25, 0.3) is 0 Å². The molecule has 0 spiro atoms. The molecule has 2 aliphatic rings. The zero-order chi connectivity index (χ0) is 6.43. The van der Waals surface area contributed by atoms with Gasteiger partial charge < -0.3 is 5.11 Å². The molecule has 0 saturated heterocycles. The number of hydrogen-bond donors (Lipinski definition) is 1. The highest BCUT2D eigenvalue weighted by Crippen LogP contribution is 2.58. The summed E-state index contributed by atoms with van der Waals surface area (Å²) in [5.41, 5.74) is 0. The predicted molar refractivity (Wildman–Crippen MR) is 36.0 cm³/mol. The summed E-state index contributed by atoms with van der Waals surface area (Å²) in [7, 11) is 0. The van der Waals surface area contributed by atoms with Gasteiger partial charge in [-0.25, -0.2) is 0 Å². The summed E-state index contributed by atoms with van der Waals surface area (Å²) in [6, 6.07) is 0. The first-order chi connectivity index (χ1) is 4.33. The highest BCUT2D eigenvalue weighted by atomic mass is 16.3. The lowest BCUT2D eigenvalue weighted by Crippen LogP contribution is -1.98. The first-order valence-electron chi connectivity index (χ1n) is 3.93. The summed E-state index contributed by atoms with van der Waals surface area (Å²) in [4.78, 5) is 0. The summed E-state index contributed by atoms with van der Waals surface area (Å²) in [6.45, 7) is 2.77. The second-order valence-electron chi connectivity index (χ2n) is 3.75. The van der Waals surface area contributed by atoms with Crippen molar-refractivity contribution in [3.63, 3.8) is 0 Å². The van der Waals surface area contributed by atoms with Crippen molar-refractivity contribution >= 4 is 0 Å². The molecule has 2 fully saturated rings. The predicted octanol–water partition coefficient (Wildman–Crippen LogP) is 1.27. The molecule has 1 heteroatoms. The molecule has 2 aliphatic carbocycles. The van der Waals surface area contributed by atoms with E-state index < -0.39 is 0 Å². The molecule has 0 heterocycles. The summed E-state index contributed by atoms with van der Waals surface area (Å²) < 4.78 is 0. The van der Waals surface area contributed by atoms with Crippen molar-refractivity contribution in [3.05, 3.63) is 0 Å². The van der Waals surface area contributed by atoms with Gasteiger partial charge in [0.2, 0.25) is 0 Å². The lowest BCUT2D eigenvalue weighted by atomic mass is 10.0. The highest BCUT2D eigenvalue weighted by molar-refractivity contribution is 5.02. The second-order valence-corrected chi connectivity index (χ2v) is 3.75. The average molecular weight is 126 g/mol. The zero-order valence-electron chi connectivity index (χ0n) is 5.88. The fraction of sp³-hybridized carbons (Fsp3) is 1.00. The minimum atomic E-state index is 0.446. The van der Waals surface area contributed by atoms with E-state index in [1.807, 2.05) is 0 Å². The highest BCUT2D eigenvalue weighted by Gasteiger charge is 2.53. The van der Waals surface area contributed by atoms with Crippen molar-refractivity contribution in [1.29, 1.82) is 0 Å². The summed E-state index contributed by atoms with van der Waals surface area (Å²) in [5, 5.41) is 8.80. The SMILES string of the molecule is CC1CC2C(CO)C2C1. The number of aliphatic hydroxyl groups is 1. The Kier molecular flexibility index (Phi) is 1.10. The molecule has 52 valence electrons. The molecule has 2 saturated carbocycles. The molecule has 1 N–H and O–H groups in total. The van der Waals surface area contributed by atoms with Crippen LogP contribution in [-0.2, 0) is 0 Å². The molecule has 0 bridgehead atoms. The zero-order valence-corrected chi connectivity index (χ0v) is 5.88. The van der Waals surface area contributed by atoms with Crippen LogP contribution in [0, 0.1) is 23.7 Å². The Hall–Kier alpha value is -0.0400. The topological polar surface area (TPSA) is 20.2 Å². The lowest BCUT2D eigenvalue weighted by molar-refractivity contribution is 0.249. The van der Waals surface area contributed by atoms with Crippen LogP contribution in [0.1, 0.15) is 19.8 Å². The molecule has 2 unspecified atom stereocenters. The Morgan fingerprint density at radius 3 is 2.33 bits per heavy atom. The van der Waals surface area contributed by atoms with Gasteiger partial charge in [-0.3, -0.25) is 0 Å². The van der Waals surface area contributed by atoms with E-state index in [9.17, 15) is 0 Å². The Morgan fingerprint density at radius 2 is 1.89 bits per heavy atom. The molecule has 0 aromatic carbocycles. The Labute approximate surface area is 56.1 Å². The van der Waals surface area contributed by atoms with E-state index in [0.29, 0.717) is 12.5 Å². The van der Waals surface area contributed by atoms with Gasteiger partial charge in [0, 0.05) is 6.61 Å². The van der Waals surface area contributed by atoms with E-state index in [1.165, 1.54) is 12.8 Å². The van der Waals surface area contributed by atoms with E-state index in [2.05, 4.69) is 6.92 Å². The third kappa shape index (κ3) is 0.710. The van der Waals surface area contributed by atoms with Crippen LogP contribution < -0.4 is 0 Å². The van der Waals surface area contributed by atoms with Crippen LogP contribution >= 0.6 is 0 Å². The van der Waals surface area contributed by atoms with Gasteiger partial charge in [-0.15, -0.1) is 0 Å². The summed E-state index contributed by atoms with van der Waals surface area (Å²) in [6.07, 6.45) is 2.77. The standard InChI is InChI=1S/C8H14O/c1-5-2-6-7(3-5)8(6)4-9/h5-9H,2-4H2,1H3. The lowest BCUT2D eigenvalue weighted by Gasteiger charge is -2.04. The van der Waals surface area contributed by atoms with E-state index in [-0.39, 0.29) is 0 Å². The van der Waals surface area contributed by atoms with Gasteiger partial charge in [0.05, 0.1) is 0 Å². The van der Waals surface area contributed by atoms with Crippen LogP contribution in [0.2, 0.25) is 0 Å². The third-order valence-corrected chi connectivity index (χ3v) is 3.07. The fourth-order valence-electron chi connectivity index (χ4n) is 2.52.